The topological polar surface area (TPSA) is 0 Å². The van der Waals surface area contributed by atoms with Crippen LogP contribution in [-0.2, 0) is 20.4 Å². The molecule has 0 radical (unpaired) electrons. The first-order chi connectivity index (χ1) is 12.9. The van der Waals surface area contributed by atoms with Gasteiger partial charge in [0.15, 0.2) is 0 Å². The minimum absolute atomic E-state index is 0.297. The molecule has 4 rings (SSSR count). The summed E-state index contributed by atoms with van der Waals surface area (Å²) < 4.78 is 1.52. The second-order valence-electron chi connectivity index (χ2n) is 8.16. The van der Waals surface area contributed by atoms with E-state index in [1.165, 1.54) is 16.7 Å². The maximum absolute atomic E-state index is 2.68. The second kappa shape index (κ2) is 7.58. The average molecular weight is 468 g/mol. The van der Waals surface area contributed by atoms with Crippen LogP contribution in [0.3, 0.4) is 0 Å². The zero-order valence-corrected chi connectivity index (χ0v) is 21.5. The summed E-state index contributed by atoms with van der Waals surface area (Å²) >= 11 is 0.00427. The number of fused-ring (bicyclic) bond motifs is 1. The molecule has 0 nitrogen and oxygen atoms in total. The Kier molecular flexibility index (Phi) is 5.49. The van der Waals surface area contributed by atoms with Gasteiger partial charge >= 0.3 is 177 Å². The van der Waals surface area contributed by atoms with E-state index < -0.39 is 20.4 Å². The van der Waals surface area contributed by atoms with Crippen LogP contribution in [0.5, 0.6) is 0 Å². The monoisotopic (exact) mass is 466 g/mol. The molecule has 2 aliphatic rings. The van der Waals surface area contributed by atoms with Gasteiger partial charge in [0.25, 0.3) is 0 Å². The van der Waals surface area contributed by atoms with Gasteiger partial charge in [-0.25, -0.2) is 0 Å². The van der Waals surface area contributed by atoms with Gasteiger partial charge in [-0.15, -0.1) is 0 Å². The molecule has 1 atom stereocenters. The Hall–Kier alpha value is -0.760. The number of rotatable bonds is 3. The number of allylic oxidation sites excluding steroid dienone is 5. The second-order valence-corrected chi connectivity index (χ2v) is 26.9. The normalized spacial score (nSPS) is 19.6. The van der Waals surface area contributed by atoms with E-state index in [4.69, 9.17) is 0 Å². The van der Waals surface area contributed by atoms with Gasteiger partial charge in [-0.05, 0) is 0 Å². The van der Waals surface area contributed by atoms with Gasteiger partial charge in [0, 0.05) is 0 Å². The maximum atomic E-state index is 2.68. The SMILES string of the molecule is CC1=C(C)[CH]([Zr]([CH]2C=C(c3ccsc3)c3ccccc32)=[Si](C)C)C(C)=C1C. The van der Waals surface area contributed by atoms with Crippen LogP contribution in [0, 0.1) is 0 Å². The van der Waals surface area contributed by atoms with E-state index >= 15 is 0 Å². The van der Waals surface area contributed by atoms with Crippen LogP contribution in [-0.4, -0.2) is 5.43 Å². The van der Waals surface area contributed by atoms with Gasteiger partial charge in [-0.3, -0.25) is 0 Å². The molecule has 1 unspecified atom stereocenters. The predicted octanol–water partition coefficient (Wildman–Crippen LogP) is 7.58. The van der Waals surface area contributed by atoms with E-state index in [0.717, 1.165) is 7.25 Å². The third-order valence-corrected chi connectivity index (χ3v) is 27.0. The van der Waals surface area contributed by atoms with Crippen LogP contribution in [0.25, 0.3) is 5.57 Å². The van der Waals surface area contributed by atoms with Gasteiger partial charge in [0.05, 0.1) is 0 Å². The molecule has 2 aliphatic carbocycles. The molecular formula is C24H28SSiZr. The average Bonchev–Trinajstić information content (AvgIpc) is 3.34. The summed E-state index contributed by atoms with van der Waals surface area (Å²) in [5.41, 5.74) is 12.3. The van der Waals surface area contributed by atoms with Crippen molar-refractivity contribution in [3.05, 3.63) is 86.2 Å². The van der Waals surface area contributed by atoms with Crippen LogP contribution in [0.1, 0.15) is 48.0 Å². The Balaban J connectivity index is 1.90. The molecule has 0 amide bonds. The first-order valence-electron chi connectivity index (χ1n) is 9.77. The van der Waals surface area contributed by atoms with E-state index in [1.54, 1.807) is 27.9 Å². The van der Waals surface area contributed by atoms with Crippen molar-refractivity contribution in [1.82, 2.24) is 0 Å². The quantitative estimate of drug-likeness (QED) is 0.408. The standard InChI is InChI=1S/C13H9S.C9H13.C2H6Si.Zr/c1-2-4-12-10(3-1)5-6-13(12)11-7-8-14-9-11;1-6-5-7(2)9(4)8(6)3;1-3-2;/h1-9H;5H,1-4H3;1-2H3;. The zero-order valence-electron chi connectivity index (χ0n) is 17.2. The molecule has 3 heteroatoms. The van der Waals surface area contributed by atoms with E-state index in [9.17, 15) is 0 Å². The van der Waals surface area contributed by atoms with Crippen molar-refractivity contribution in [3.8, 4) is 0 Å². The Morgan fingerprint density at radius 2 is 1.59 bits per heavy atom. The van der Waals surface area contributed by atoms with Crippen LogP contribution in [0.2, 0.25) is 16.7 Å². The molecule has 27 heavy (non-hydrogen) atoms. The molecule has 138 valence electrons. The molecule has 0 N–H and O–H groups in total. The summed E-state index contributed by atoms with van der Waals surface area (Å²) in [6, 6.07) is 11.5. The molecule has 0 aliphatic heterocycles. The summed E-state index contributed by atoms with van der Waals surface area (Å²) in [6.07, 6.45) is 2.68. The van der Waals surface area contributed by atoms with E-state index in [-0.39, 0.29) is 5.43 Å². The van der Waals surface area contributed by atoms with Crippen molar-refractivity contribution in [1.29, 1.82) is 0 Å². The molecule has 0 saturated carbocycles. The van der Waals surface area contributed by atoms with Crippen molar-refractivity contribution in [2.45, 2.75) is 48.0 Å². The van der Waals surface area contributed by atoms with Crippen molar-refractivity contribution in [2.75, 3.05) is 0 Å². The Morgan fingerprint density at radius 1 is 0.926 bits per heavy atom. The molecular weight excluding hydrogens is 440 g/mol. The molecule has 1 heterocycles. The molecule has 2 aromatic rings. The molecule has 0 fully saturated rings. The van der Waals surface area contributed by atoms with Crippen molar-refractivity contribution in [3.63, 3.8) is 0 Å². The molecule has 0 spiro atoms. The summed E-state index contributed by atoms with van der Waals surface area (Å²) in [6.45, 7) is 14.7. The third-order valence-electron chi connectivity index (χ3n) is 6.59. The van der Waals surface area contributed by atoms with Crippen LogP contribution < -0.4 is 0 Å². The van der Waals surface area contributed by atoms with E-state index in [0.29, 0.717) is 0 Å². The third kappa shape index (κ3) is 3.20. The Morgan fingerprint density at radius 3 is 2.19 bits per heavy atom. The zero-order chi connectivity index (χ0) is 19.3. The number of hydrogen-bond donors (Lipinski definition) is 0. The Labute approximate surface area is 175 Å². The fourth-order valence-electron chi connectivity index (χ4n) is 4.88. The van der Waals surface area contributed by atoms with E-state index in [1.807, 2.05) is 11.3 Å². The predicted molar refractivity (Wildman–Crippen MR) is 119 cm³/mol. The van der Waals surface area contributed by atoms with Crippen molar-refractivity contribution >= 4 is 22.3 Å². The van der Waals surface area contributed by atoms with Crippen LogP contribution >= 0.6 is 11.3 Å². The fraction of sp³-hybridized carbons (Fsp3) is 0.333. The summed E-state index contributed by atoms with van der Waals surface area (Å²) in [5, 5.41) is 4.53. The van der Waals surface area contributed by atoms with Gasteiger partial charge in [0.2, 0.25) is 0 Å². The minimum atomic E-state index is -1.81. The summed E-state index contributed by atoms with van der Waals surface area (Å²) in [7, 11) is 0. The number of hydrogen-bond acceptors (Lipinski definition) is 1. The number of benzene rings is 1. The first-order valence-corrected chi connectivity index (χ1v) is 19.7. The molecule has 0 saturated heterocycles. The Bertz CT molecular complexity index is 1010. The number of thiophene rings is 1. The molecule has 0 bridgehead atoms. The van der Waals surface area contributed by atoms with E-state index in [2.05, 4.69) is 88.0 Å². The van der Waals surface area contributed by atoms with Gasteiger partial charge in [-0.2, -0.15) is 0 Å². The van der Waals surface area contributed by atoms with Crippen molar-refractivity contribution < 1.29 is 20.4 Å². The van der Waals surface area contributed by atoms with Crippen molar-refractivity contribution in [2.24, 2.45) is 0 Å². The fourth-order valence-corrected chi connectivity index (χ4v) is 26.1. The van der Waals surface area contributed by atoms with Gasteiger partial charge < -0.3 is 0 Å². The van der Waals surface area contributed by atoms with Gasteiger partial charge in [-0.1, -0.05) is 0 Å². The molecule has 1 aromatic carbocycles. The summed E-state index contributed by atoms with van der Waals surface area (Å²) in [4.78, 5) is 0. The van der Waals surface area contributed by atoms with Gasteiger partial charge in [0.1, 0.15) is 0 Å². The van der Waals surface area contributed by atoms with Crippen LogP contribution in [0.15, 0.2) is 69.5 Å². The van der Waals surface area contributed by atoms with Crippen LogP contribution in [0.4, 0.5) is 0 Å². The first kappa shape index (κ1) is 19.6. The molecule has 1 aromatic heterocycles. The summed E-state index contributed by atoms with van der Waals surface area (Å²) in [5.74, 6) is 0.